The summed E-state index contributed by atoms with van der Waals surface area (Å²) >= 11 is 0. The topological polar surface area (TPSA) is 12.5 Å². The lowest BCUT2D eigenvalue weighted by Gasteiger charge is -2.34. The molecular weight excluding hydrogens is 295 g/mol. The molecule has 0 saturated carbocycles. The van der Waals surface area contributed by atoms with Gasteiger partial charge in [0.15, 0.2) is 0 Å². The Labute approximate surface area is 135 Å². The van der Waals surface area contributed by atoms with Crippen molar-refractivity contribution in [2.45, 2.75) is 12.5 Å². The molecule has 1 heterocycles. The molecule has 3 rings (SSSR count). The van der Waals surface area contributed by atoms with Gasteiger partial charge in [-0.1, -0.05) is 36.4 Å². The van der Waals surface area contributed by atoms with E-state index < -0.39 is 17.2 Å². The second kappa shape index (κ2) is 6.26. The zero-order valence-corrected chi connectivity index (χ0v) is 13.1. The molecule has 1 unspecified atom stereocenters. The molecule has 0 saturated heterocycles. The molecule has 2 aromatic rings. The van der Waals surface area contributed by atoms with E-state index in [0.717, 1.165) is 23.3 Å². The SMILES string of the molecule is CO[B]N1CC(c2cc(F)ccc2F)=CC1(C)c1ccccc1. The Morgan fingerprint density at radius 3 is 2.57 bits per heavy atom. The van der Waals surface area contributed by atoms with Crippen LogP contribution in [0.4, 0.5) is 8.78 Å². The third-order valence-corrected chi connectivity index (χ3v) is 4.26. The maximum atomic E-state index is 14.1. The summed E-state index contributed by atoms with van der Waals surface area (Å²) in [5, 5.41) is 0. The molecule has 0 N–H and O–H groups in total. The second-order valence-electron chi connectivity index (χ2n) is 5.78. The van der Waals surface area contributed by atoms with Crippen molar-refractivity contribution in [3.63, 3.8) is 0 Å². The third-order valence-electron chi connectivity index (χ3n) is 4.26. The van der Waals surface area contributed by atoms with Crippen LogP contribution in [0.2, 0.25) is 0 Å². The normalized spacial score (nSPS) is 21.3. The zero-order chi connectivity index (χ0) is 16.4. The molecule has 1 aliphatic heterocycles. The maximum Gasteiger partial charge on any atom is 0.399 e. The molecule has 1 radical (unpaired) electrons. The predicted octanol–water partition coefficient (Wildman–Crippen LogP) is 3.76. The summed E-state index contributed by atoms with van der Waals surface area (Å²) in [6.07, 6.45) is 1.97. The monoisotopic (exact) mass is 312 g/mol. The minimum atomic E-state index is -0.481. The molecule has 5 heteroatoms. The van der Waals surface area contributed by atoms with Crippen LogP contribution in [0, 0.1) is 11.6 Å². The third kappa shape index (κ3) is 2.94. The fraction of sp³-hybridized carbons (Fsp3) is 0.222. The lowest BCUT2D eigenvalue weighted by atomic mass is 9.88. The van der Waals surface area contributed by atoms with Gasteiger partial charge in [0.1, 0.15) is 11.6 Å². The van der Waals surface area contributed by atoms with Gasteiger partial charge in [-0.25, -0.2) is 8.78 Å². The maximum absolute atomic E-state index is 14.1. The number of rotatable bonds is 4. The van der Waals surface area contributed by atoms with Gasteiger partial charge in [0.25, 0.3) is 0 Å². The van der Waals surface area contributed by atoms with Crippen LogP contribution in [-0.2, 0) is 10.2 Å². The van der Waals surface area contributed by atoms with E-state index in [0.29, 0.717) is 12.1 Å². The number of nitrogens with zero attached hydrogens (tertiary/aromatic N) is 1. The minimum absolute atomic E-state index is 0.291. The highest BCUT2D eigenvalue weighted by molar-refractivity contribution is 6.24. The average Bonchev–Trinajstić information content (AvgIpc) is 2.89. The van der Waals surface area contributed by atoms with Crippen LogP contribution >= 0.6 is 0 Å². The van der Waals surface area contributed by atoms with Gasteiger partial charge in [0.2, 0.25) is 0 Å². The Bertz CT molecular complexity index is 735. The van der Waals surface area contributed by atoms with E-state index in [4.69, 9.17) is 4.65 Å². The molecule has 0 bridgehead atoms. The van der Waals surface area contributed by atoms with Crippen LogP contribution in [0.3, 0.4) is 0 Å². The van der Waals surface area contributed by atoms with Crippen molar-refractivity contribution >= 4 is 13.2 Å². The number of benzene rings is 2. The first kappa shape index (κ1) is 15.9. The van der Waals surface area contributed by atoms with Crippen LogP contribution in [0.1, 0.15) is 18.1 Å². The Morgan fingerprint density at radius 2 is 1.87 bits per heavy atom. The molecule has 23 heavy (non-hydrogen) atoms. The molecule has 117 valence electrons. The van der Waals surface area contributed by atoms with Crippen LogP contribution in [0.25, 0.3) is 5.57 Å². The fourth-order valence-corrected chi connectivity index (χ4v) is 3.02. The van der Waals surface area contributed by atoms with Gasteiger partial charge in [0, 0.05) is 19.2 Å². The average molecular weight is 312 g/mol. The predicted molar refractivity (Wildman–Crippen MR) is 87.6 cm³/mol. The van der Waals surface area contributed by atoms with E-state index in [-0.39, 0.29) is 0 Å². The van der Waals surface area contributed by atoms with E-state index in [9.17, 15) is 8.78 Å². The Kier molecular flexibility index (Phi) is 4.33. The van der Waals surface area contributed by atoms with Gasteiger partial charge >= 0.3 is 7.62 Å². The Hall–Kier alpha value is -1.98. The van der Waals surface area contributed by atoms with Crippen molar-refractivity contribution in [1.82, 2.24) is 4.81 Å². The largest absolute Gasteiger partial charge is 0.427 e. The van der Waals surface area contributed by atoms with E-state index in [2.05, 4.69) is 0 Å². The summed E-state index contributed by atoms with van der Waals surface area (Å²) in [6.45, 7) is 2.47. The Morgan fingerprint density at radius 1 is 1.13 bits per heavy atom. The van der Waals surface area contributed by atoms with Crippen LogP contribution in [0.5, 0.6) is 0 Å². The lowest BCUT2D eigenvalue weighted by molar-refractivity contribution is 0.265. The molecule has 1 aliphatic rings. The number of halogens is 2. The second-order valence-corrected chi connectivity index (χ2v) is 5.78. The lowest BCUT2D eigenvalue weighted by Crippen LogP contribution is -2.42. The van der Waals surface area contributed by atoms with Gasteiger partial charge in [-0.3, -0.25) is 0 Å². The molecule has 2 nitrogen and oxygen atoms in total. The van der Waals surface area contributed by atoms with Crippen LogP contribution in [-0.4, -0.2) is 26.1 Å². The molecule has 0 fully saturated rings. The minimum Gasteiger partial charge on any atom is -0.427 e. The van der Waals surface area contributed by atoms with Crippen LogP contribution < -0.4 is 0 Å². The van der Waals surface area contributed by atoms with Crippen molar-refractivity contribution in [1.29, 1.82) is 0 Å². The molecule has 0 aliphatic carbocycles. The van der Waals surface area contributed by atoms with Crippen molar-refractivity contribution in [3.05, 3.63) is 77.4 Å². The summed E-state index contributed by atoms with van der Waals surface area (Å²) in [6, 6.07) is 13.4. The Balaban J connectivity index is 2.07. The van der Waals surface area contributed by atoms with Crippen molar-refractivity contribution < 1.29 is 13.4 Å². The van der Waals surface area contributed by atoms with Gasteiger partial charge in [-0.05, 0) is 36.3 Å². The molecule has 0 spiro atoms. The van der Waals surface area contributed by atoms with Crippen molar-refractivity contribution in [2.24, 2.45) is 0 Å². The first-order valence-corrected chi connectivity index (χ1v) is 7.40. The molecule has 2 aromatic carbocycles. The quantitative estimate of drug-likeness (QED) is 0.797. The summed E-state index contributed by atoms with van der Waals surface area (Å²) < 4.78 is 32.8. The zero-order valence-electron chi connectivity index (χ0n) is 13.1. The standard InChI is InChI=1S/C18H17BF2NO/c1-18(14-6-4-3-5-7-14)11-13(12-22(18)19-23-2)16-10-15(20)8-9-17(16)21/h3-11H,12H2,1-2H3. The number of hydrogen-bond acceptors (Lipinski definition) is 2. The van der Waals surface area contributed by atoms with Gasteiger partial charge in [-0.15, -0.1) is 0 Å². The number of hydrogen-bond donors (Lipinski definition) is 0. The van der Waals surface area contributed by atoms with Crippen molar-refractivity contribution in [2.75, 3.05) is 13.7 Å². The molecular formula is C18H17BF2NO. The van der Waals surface area contributed by atoms with Crippen LogP contribution in [0.15, 0.2) is 54.6 Å². The summed E-state index contributed by atoms with van der Waals surface area (Å²) in [5.41, 5.74) is 1.60. The summed E-state index contributed by atoms with van der Waals surface area (Å²) in [5.74, 6) is -0.870. The molecule has 0 amide bonds. The highest BCUT2D eigenvalue weighted by Crippen LogP contribution is 2.39. The fourth-order valence-electron chi connectivity index (χ4n) is 3.02. The van der Waals surface area contributed by atoms with E-state index in [1.807, 2.05) is 48.1 Å². The molecule has 0 aromatic heterocycles. The van der Waals surface area contributed by atoms with E-state index in [1.165, 1.54) is 6.07 Å². The highest BCUT2D eigenvalue weighted by atomic mass is 19.1. The van der Waals surface area contributed by atoms with E-state index in [1.54, 1.807) is 14.7 Å². The summed E-state index contributed by atoms with van der Waals surface area (Å²) in [4.78, 5) is 1.97. The first-order chi connectivity index (χ1) is 11.0. The smallest absolute Gasteiger partial charge is 0.399 e. The van der Waals surface area contributed by atoms with Gasteiger partial charge in [0.05, 0.1) is 5.54 Å². The van der Waals surface area contributed by atoms with E-state index >= 15 is 0 Å². The van der Waals surface area contributed by atoms with Gasteiger partial charge < -0.3 is 9.47 Å². The highest BCUT2D eigenvalue weighted by Gasteiger charge is 2.38. The van der Waals surface area contributed by atoms with Gasteiger partial charge in [-0.2, -0.15) is 0 Å². The summed E-state index contributed by atoms with van der Waals surface area (Å²) in [7, 11) is 3.19. The molecule has 1 atom stereocenters. The first-order valence-electron chi connectivity index (χ1n) is 7.40. The van der Waals surface area contributed by atoms with Crippen molar-refractivity contribution in [3.8, 4) is 0 Å².